The highest BCUT2D eigenvalue weighted by Crippen LogP contribution is 2.11. The smallest absolute Gasteiger partial charge is 0.159 e. The van der Waals surface area contributed by atoms with Crippen molar-refractivity contribution in [2.24, 2.45) is 0 Å². The van der Waals surface area contributed by atoms with E-state index < -0.39 is 0 Å². The van der Waals surface area contributed by atoms with Gasteiger partial charge in [0.05, 0.1) is 0 Å². The molecule has 1 aromatic rings. The third kappa shape index (κ3) is 5.03. The molecule has 0 aliphatic rings. The number of carbonyl (C=O) groups excluding carboxylic acids is 1. The molecule has 0 N–H and O–H groups in total. The monoisotopic (exact) mass is 225 g/mol. The van der Waals surface area contributed by atoms with Gasteiger partial charge < -0.3 is 4.90 Å². The quantitative estimate of drug-likeness (QED) is 0.737. The van der Waals surface area contributed by atoms with Crippen molar-refractivity contribution in [2.45, 2.75) is 27.3 Å². The van der Waals surface area contributed by atoms with Gasteiger partial charge in [-0.25, -0.2) is 4.39 Å². The molecule has 0 unspecified atom stereocenters. The second-order valence-electron chi connectivity index (χ2n) is 3.64. The van der Waals surface area contributed by atoms with E-state index in [2.05, 4.69) is 0 Å². The summed E-state index contributed by atoms with van der Waals surface area (Å²) < 4.78 is 13.1. The summed E-state index contributed by atoms with van der Waals surface area (Å²) in [5.41, 5.74) is 1.25. The first kappa shape index (κ1) is 14.8. The molecule has 16 heavy (non-hydrogen) atoms. The fourth-order valence-electron chi connectivity index (χ4n) is 1.31. The molecule has 2 nitrogen and oxygen atoms in total. The molecule has 0 amide bonds. The topological polar surface area (TPSA) is 20.3 Å². The molecule has 0 aromatic heterocycles. The van der Waals surface area contributed by atoms with Crippen molar-refractivity contribution in [2.75, 3.05) is 14.1 Å². The Kier molecular flexibility index (Phi) is 6.58. The maximum Gasteiger partial charge on any atom is 0.159 e. The van der Waals surface area contributed by atoms with E-state index in [1.807, 2.05) is 32.8 Å². The summed E-state index contributed by atoms with van der Waals surface area (Å²) in [6.07, 6.45) is 0. The second-order valence-corrected chi connectivity index (χ2v) is 3.64. The molecule has 0 aliphatic heterocycles. The predicted octanol–water partition coefficient (Wildman–Crippen LogP) is 3.12. The Morgan fingerprint density at radius 2 is 1.81 bits per heavy atom. The Balaban J connectivity index is 0.00000106. The van der Waals surface area contributed by atoms with Gasteiger partial charge in [0.15, 0.2) is 5.78 Å². The van der Waals surface area contributed by atoms with Crippen LogP contribution in [0.3, 0.4) is 0 Å². The van der Waals surface area contributed by atoms with E-state index in [1.54, 1.807) is 6.07 Å². The van der Waals surface area contributed by atoms with Gasteiger partial charge in [-0.1, -0.05) is 13.8 Å². The standard InChI is InChI=1S/C11H14FNO.C2H6/c1-8(14)10-4-9(7-13(2)3)5-11(12)6-10;1-2/h4-6H,7H2,1-3H3;1-2H3. The van der Waals surface area contributed by atoms with Crippen LogP contribution in [0.2, 0.25) is 0 Å². The molecule has 90 valence electrons. The first-order valence-electron chi connectivity index (χ1n) is 5.44. The average molecular weight is 225 g/mol. The minimum absolute atomic E-state index is 0.107. The van der Waals surface area contributed by atoms with Crippen LogP contribution in [-0.2, 0) is 6.54 Å². The van der Waals surface area contributed by atoms with Crippen LogP contribution in [0, 0.1) is 5.82 Å². The van der Waals surface area contributed by atoms with Crippen LogP contribution in [0.5, 0.6) is 0 Å². The van der Waals surface area contributed by atoms with Crippen molar-refractivity contribution in [1.29, 1.82) is 0 Å². The second kappa shape index (κ2) is 7.12. The minimum atomic E-state index is -0.352. The van der Waals surface area contributed by atoms with E-state index in [0.29, 0.717) is 12.1 Å². The number of hydrogen-bond acceptors (Lipinski definition) is 2. The van der Waals surface area contributed by atoms with Gasteiger partial charge in [-0.05, 0) is 44.8 Å². The maximum absolute atomic E-state index is 13.1. The summed E-state index contributed by atoms with van der Waals surface area (Å²) in [5.74, 6) is -0.459. The molecule has 1 aromatic carbocycles. The Morgan fingerprint density at radius 3 is 2.25 bits per heavy atom. The van der Waals surface area contributed by atoms with Crippen LogP contribution < -0.4 is 0 Å². The summed E-state index contributed by atoms with van der Waals surface area (Å²) >= 11 is 0. The zero-order chi connectivity index (χ0) is 12.7. The van der Waals surface area contributed by atoms with E-state index in [9.17, 15) is 9.18 Å². The van der Waals surface area contributed by atoms with Crippen molar-refractivity contribution in [3.8, 4) is 0 Å². The van der Waals surface area contributed by atoms with Crippen molar-refractivity contribution in [3.05, 3.63) is 35.1 Å². The molecule has 0 atom stereocenters. The molecular formula is C13H20FNO. The lowest BCUT2D eigenvalue weighted by Gasteiger charge is -2.10. The van der Waals surface area contributed by atoms with Crippen molar-refractivity contribution >= 4 is 5.78 Å². The lowest BCUT2D eigenvalue weighted by molar-refractivity contribution is 0.101. The van der Waals surface area contributed by atoms with Crippen LogP contribution in [0.1, 0.15) is 36.7 Å². The molecule has 0 heterocycles. The number of nitrogens with zero attached hydrogens (tertiary/aromatic N) is 1. The Hall–Kier alpha value is -1.22. The van der Waals surface area contributed by atoms with Gasteiger partial charge in [-0.2, -0.15) is 0 Å². The van der Waals surface area contributed by atoms with Gasteiger partial charge in [0.1, 0.15) is 5.82 Å². The fraction of sp³-hybridized carbons (Fsp3) is 0.462. The number of hydrogen-bond donors (Lipinski definition) is 0. The van der Waals surface area contributed by atoms with E-state index in [0.717, 1.165) is 5.56 Å². The molecule has 3 heteroatoms. The number of carbonyl (C=O) groups is 1. The highest BCUT2D eigenvalue weighted by Gasteiger charge is 2.05. The van der Waals surface area contributed by atoms with Gasteiger partial charge in [-0.15, -0.1) is 0 Å². The summed E-state index contributed by atoms with van der Waals surface area (Å²) in [7, 11) is 3.80. The fourth-order valence-corrected chi connectivity index (χ4v) is 1.31. The van der Waals surface area contributed by atoms with Gasteiger partial charge >= 0.3 is 0 Å². The first-order valence-corrected chi connectivity index (χ1v) is 5.44. The van der Waals surface area contributed by atoms with E-state index in [-0.39, 0.29) is 11.6 Å². The average Bonchev–Trinajstić information content (AvgIpc) is 2.18. The van der Waals surface area contributed by atoms with Crippen molar-refractivity contribution in [1.82, 2.24) is 4.90 Å². The third-order valence-corrected chi connectivity index (χ3v) is 1.86. The van der Waals surface area contributed by atoms with Crippen molar-refractivity contribution in [3.63, 3.8) is 0 Å². The molecule has 0 spiro atoms. The number of Topliss-reactive ketones (excluding diaryl/α,β-unsaturated/α-hetero) is 1. The van der Waals surface area contributed by atoms with Gasteiger partial charge in [-0.3, -0.25) is 4.79 Å². The lowest BCUT2D eigenvalue weighted by atomic mass is 10.1. The number of rotatable bonds is 3. The Bertz CT molecular complexity index is 348. The SMILES string of the molecule is CC.CC(=O)c1cc(F)cc(CN(C)C)c1. The maximum atomic E-state index is 13.1. The van der Waals surface area contributed by atoms with Crippen LogP contribution in [0.4, 0.5) is 4.39 Å². The molecule has 0 fully saturated rings. The molecule has 0 saturated carbocycles. The van der Waals surface area contributed by atoms with Crippen LogP contribution >= 0.6 is 0 Å². The molecule has 0 bridgehead atoms. The minimum Gasteiger partial charge on any atom is -0.305 e. The van der Waals surface area contributed by atoms with Gasteiger partial charge in [0.25, 0.3) is 0 Å². The molecule has 0 radical (unpaired) electrons. The van der Waals surface area contributed by atoms with Gasteiger partial charge in [0.2, 0.25) is 0 Å². The zero-order valence-electron chi connectivity index (χ0n) is 10.7. The number of halogens is 1. The lowest BCUT2D eigenvalue weighted by Crippen LogP contribution is -2.11. The summed E-state index contributed by atoms with van der Waals surface area (Å²) in [6, 6.07) is 4.44. The third-order valence-electron chi connectivity index (χ3n) is 1.86. The largest absolute Gasteiger partial charge is 0.305 e. The van der Waals surface area contributed by atoms with Gasteiger partial charge in [0, 0.05) is 12.1 Å². The Morgan fingerprint density at radius 1 is 1.25 bits per heavy atom. The van der Waals surface area contributed by atoms with E-state index >= 15 is 0 Å². The highest BCUT2D eigenvalue weighted by atomic mass is 19.1. The summed E-state index contributed by atoms with van der Waals surface area (Å²) in [4.78, 5) is 13.0. The predicted molar refractivity (Wildman–Crippen MR) is 65.1 cm³/mol. The van der Waals surface area contributed by atoms with Crippen LogP contribution in [0.15, 0.2) is 18.2 Å². The van der Waals surface area contributed by atoms with Crippen LogP contribution in [0.25, 0.3) is 0 Å². The zero-order valence-corrected chi connectivity index (χ0v) is 10.7. The number of benzene rings is 1. The Labute approximate surface area is 97.1 Å². The molecule has 0 aliphatic carbocycles. The van der Waals surface area contributed by atoms with Crippen molar-refractivity contribution < 1.29 is 9.18 Å². The summed E-state index contributed by atoms with van der Waals surface area (Å²) in [5, 5.41) is 0. The summed E-state index contributed by atoms with van der Waals surface area (Å²) in [6.45, 7) is 6.08. The number of ketones is 1. The highest BCUT2D eigenvalue weighted by molar-refractivity contribution is 5.94. The molecule has 1 rings (SSSR count). The van der Waals surface area contributed by atoms with Crippen LogP contribution in [-0.4, -0.2) is 24.8 Å². The molecular weight excluding hydrogens is 205 g/mol. The van der Waals surface area contributed by atoms with E-state index in [1.165, 1.54) is 19.1 Å². The van der Waals surface area contributed by atoms with E-state index in [4.69, 9.17) is 0 Å². The first-order chi connectivity index (χ1) is 7.49. The molecule has 0 saturated heterocycles. The normalized spacial score (nSPS) is 9.69.